The third-order valence-electron chi connectivity index (χ3n) is 4.58. The first-order chi connectivity index (χ1) is 12.1. The van der Waals surface area contributed by atoms with Crippen molar-refractivity contribution in [2.24, 2.45) is 0 Å². The van der Waals surface area contributed by atoms with Crippen molar-refractivity contribution in [2.75, 3.05) is 7.11 Å². The van der Waals surface area contributed by atoms with Gasteiger partial charge in [0.05, 0.1) is 7.11 Å². The highest BCUT2D eigenvalue weighted by Gasteiger charge is 2.38. The molecule has 2 nitrogen and oxygen atoms in total. The molecule has 25 heavy (non-hydrogen) atoms. The molecule has 3 aromatic carbocycles. The molecule has 0 saturated heterocycles. The van der Waals surface area contributed by atoms with E-state index in [1.54, 1.807) is 19.1 Å². The summed E-state index contributed by atoms with van der Waals surface area (Å²) in [4.78, 5) is 12.6. The quantitative estimate of drug-likeness (QED) is 0.630. The van der Waals surface area contributed by atoms with Crippen molar-refractivity contribution >= 4 is 5.97 Å². The van der Waals surface area contributed by atoms with E-state index in [0.717, 1.165) is 11.1 Å². The van der Waals surface area contributed by atoms with Gasteiger partial charge in [-0.3, -0.25) is 4.79 Å². The van der Waals surface area contributed by atoms with E-state index in [1.807, 2.05) is 60.7 Å². The second-order valence-corrected chi connectivity index (χ2v) is 6.04. The number of carbonyl (C=O) groups excluding carboxylic acids is 1. The normalized spacial score (nSPS) is 13.1. The smallest absolute Gasteiger partial charge is 0.320 e. The summed E-state index contributed by atoms with van der Waals surface area (Å²) in [6.07, 6.45) is 0. The third-order valence-corrected chi connectivity index (χ3v) is 4.58. The summed E-state index contributed by atoms with van der Waals surface area (Å²) in [6.45, 7) is 1.76. The van der Waals surface area contributed by atoms with Crippen LogP contribution in [0.2, 0.25) is 0 Å². The monoisotopic (exact) mass is 334 g/mol. The Kier molecular flexibility index (Phi) is 4.66. The predicted molar refractivity (Wildman–Crippen MR) is 96.7 cm³/mol. The van der Waals surface area contributed by atoms with Gasteiger partial charge in [-0.05, 0) is 29.7 Å². The number of carbonyl (C=O) groups is 1. The number of methoxy groups -OCH3 is 1. The molecule has 0 aromatic heterocycles. The Morgan fingerprint density at radius 2 is 1.48 bits per heavy atom. The molecule has 1 atom stereocenters. The molecular formula is C22H19FO2. The van der Waals surface area contributed by atoms with Crippen LogP contribution in [0.25, 0.3) is 11.1 Å². The number of benzene rings is 3. The van der Waals surface area contributed by atoms with Crippen molar-refractivity contribution in [1.29, 1.82) is 0 Å². The second-order valence-electron chi connectivity index (χ2n) is 6.04. The van der Waals surface area contributed by atoms with Crippen LogP contribution in [0.5, 0.6) is 0 Å². The highest BCUT2D eigenvalue weighted by molar-refractivity contribution is 5.87. The maximum absolute atomic E-state index is 14.8. The van der Waals surface area contributed by atoms with Crippen LogP contribution < -0.4 is 0 Å². The van der Waals surface area contributed by atoms with Crippen molar-refractivity contribution in [1.82, 2.24) is 0 Å². The van der Waals surface area contributed by atoms with Crippen molar-refractivity contribution in [3.05, 3.63) is 95.8 Å². The lowest BCUT2D eigenvalue weighted by atomic mass is 9.76. The molecule has 3 rings (SSSR count). The van der Waals surface area contributed by atoms with Gasteiger partial charge >= 0.3 is 5.97 Å². The Morgan fingerprint density at radius 1 is 0.880 bits per heavy atom. The Morgan fingerprint density at radius 3 is 2.04 bits per heavy atom. The van der Waals surface area contributed by atoms with Gasteiger partial charge in [0, 0.05) is 5.56 Å². The van der Waals surface area contributed by atoms with Crippen LogP contribution in [-0.4, -0.2) is 13.1 Å². The minimum atomic E-state index is -1.08. The highest BCUT2D eigenvalue weighted by Crippen LogP contribution is 2.35. The fourth-order valence-electron chi connectivity index (χ4n) is 3.06. The molecule has 0 spiro atoms. The van der Waals surface area contributed by atoms with E-state index >= 15 is 0 Å². The van der Waals surface area contributed by atoms with Crippen molar-refractivity contribution in [3.63, 3.8) is 0 Å². The lowest BCUT2D eigenvalue weighted by molar-refractivity contribution is -0.145. The fourth-order valence-corrected chi connectivity index (χ4v) is 3.06. The Hall–Kier alpha value is -2.94. The summed E-state index contributed by atoms with van der Waals surface area (Å²) in [7, 11) is 1.35. The first-order valence-corrected chi connectivity index (χ1v) is 8.06. The number of esters is 1. The van der Waals surface area contributed by atoms with Gasteiger partial charge in [0.25, 0.3) is 0 Å². The van der Waals surface area contributed by atoms with E-state index in [0.29, 0.717) is 11.1 Å². The van der Waals surface area contributed by atoms with Crippen LogP contribution in [0.3, 0.4) is 0 Å². The van der Waals surface area contributed by atoms with Gasteiger partial charge in [-0.1, -0.05) is 72.8 Å². The Bertz CT molecular complexity index is 875. The van der Waals surface area contributed by atoms with Crippen LogP contribution in [0, 0.1) is 5.82 Å². The van der Waals surface area contributed by atoms with E-state index in [4.69, 9.17) is 4.74 Å². The number of hydrogen-bond donors (Lipinski definition) is 0. The second kappa shape index (κ2) is 6.89. The average Bonchev–Trinajstić information content (AvgIpc) is 2.68. The van der Waals surface area contributed by atoms with Crippen LogP contribution in [-0.2, 0) is 14.9 Å². The van der Waals surface area contributed by atoms with Crippen LogP contribution in [0.4, 0.5) is 4.39 Å². The van der Waals surface area contributed by atoms with Crippen LogP contribution >= 0.6 is 0 Å². The lowest BCUT2D eigenvalue weighted by Crippen LogP contribution is -2.35. The summed E-state index contributed by atoms with van der Waals surface area (Å²) >= 11 is 0. The standard InChI is InChI=1S/C22H19FO2/c1-22(21(24)25-2,17-11-7-4-8-12-17)18-13-14-19(20(23)15-18)16-9-5-3-6-10-16/h3-15H,1-2H3. The van der Waals surface area contributed by atoms with E-state index in [2.05, 4.69) is 0 Å². The average molecular weight is 334 g/mol. The van der Waals surface area contributed by atoms with E-state index < -0.39 is 11.4 Å². The van der Waals surface area contributed by atoms with Gasteiger partial charge in [-0.2, -0.15) is 0 Å². The molecule has 0 amide bonds. The van der Waals surface area contributed by atoms with Crippen LogP contribution in [0.1, 0.15) is 18.1 Å². The number of halogens is 1. The first-order valence-electron chi connectivity index (χ1n) is 8.06. The van der Waals surface area contributed by atoms with Gasteiger partial charge in [-0.15, -0.1) is 0 Å². The van der Waals surface area contributed by atoms with E-state index in [-0.39, 0.29) is 5.82 Å². The van der Waals surface area contributed by atoms with Gasteiger partial charge in [0.15, 0.2) is 0 Å². The lowest BCUT2D eigenvalue weighted by Gasteiger charge is -2.28. The van der Waals surface area contributed by atoms with Gasteiger partial charge in [-0.25, -0.2) is 4.39 Å². The van der Waals surface area contributed by atoms with Gasteiger partial charge < -0.3 is 4.74 Å². The Labute approximate surface area is 146 Å². The zero-order chi connectivity index (χ0) is 17.9. The molecule has 0 N–H and O–H groups in total. The maximum Gasteiger partial charge on any atom is 0.320 e. The zero-order valence-corrected chi connectivity index (χ0v) is 14.2. The molecular weight excluding hydrogens is 315 g/mol. The fraction of sp³-hybridized carbons (Fsp3) is 0.136. The molecule has 0 aliphatic rings. The summed E-state index contributed by atoms with van der Waals surface area (Å²) in [5.41, 5.74) is 1.54. The van der Waals surface area contributed by atoms with Gasteiger partial charge in [0.2, 0.25) is 0 Å². The summed E-state index contributed by atoms with van der Waals surface area (Å²) in [5.74, 6) is -0.791. The third kappa shape index (κ3) is 3.05. The highest BCUT2D eigenvalue weighted by atomic mass is 19.1. The minimum absolute atomic E-state index is 0.366. The Balaban J connectivity index is 2.12. The summed E-state index contributed by atoms with van der Waals surface area (Å²) in [6, 6.07) is 23.5. The van der Waals surface area contributed by atoms with Gasteiger partial charge in [0.1, 0.15) is 11.2 Å². The number of rotatable bonds is 4. The molecule has 0 aliphatic heterocycles. The molecule has 0 radical (unpaired) electrons. The molecule has 0 heterocycles. The molecule has 0 fully saturated rings. The first kappa shape index (κ1) is 16.9. The topological polar surface area (TPSA) is 26.3 Å². The van der Waals surface area contributed by atoms with Crippen LogP contribution in [0.15, 0.2) is 78.9 Å². The largest absolute Gasteiger partial charge is 0.468 e. The van der Waals surface area contributed by atoms with Crippen molar-refractivity contribution < 1.29 is 13.9 Å². The molecule has 0 saturated carbocycles. The number of ether oxygens (including phenoxy) is 1. The molecule has 0 bridgehead atoms. The minimum Gasteiger partial charge on any atom is -0.468 e. The van der Waals surface area contributed by atoms with Crippen molar-refractivity contribution in [2.45, 2.75) is 12.3 Å². The summed E-state index contributed by atoms with van der Waals surface area (Å²) in [5, 5.41) is 0. The molecule has 3 heteroatoms. The molecule has 126 valence electrons. The maximum atomic E-state index is 14.8. The molecule has 0 aliphatic carbocycles. The van der Waals surface area contributed by atoms with Crippen molar-refractivity contribution in [3.8, 4) is 11.1 Å². The molecule has 3 aromatic rings. The SMILES string of the molecule is COC(=O)C(C)(c1ccccc1)c1ccc(-c2ccccc2)c(F)c1. The number of hydrogen-bond acceptors (Lipinski definition) is 2. The van der Waals surface area contributed by atoms with E-state index in [9.17, 15) is 9.18 Å². The summed E-state index contributed by atoms with van der Waals surface area (Å²) < 4.78 is 19.8. The molecule has 1 unspecified atom stereocenters. The zero-order valence-electron chi connectivity index (χ0n) is 14.2. The predicted octanol–water partition coefficient (Wildman–Crippen LogP) is 4.97. The van der Waals surface area contributed by atoms with E-state index in [1.165, 1.54) is 13.2 Å².